The van der Waals surface area contributed by atoms with Gasteiger partial charge in [0, 0.05) is 22.8 Å². The number of esters is 1. The minimum Gasteiger partial charge on any atom is -0.461 e. The molecule has 0 aliphatic heterocycles. The van der Waals surface area contributed by atoms with E-state index < -0.39 is 17.5 Å². The lowest BCUT2D eigenvalue weighted by molar-refractivity contribution is -0.173. The van der Waals surface area contributed by atoms with Crippen molar-refractivity contribution in [3.05, 3.63) is 60.3 Å². The van der Waals surface area contributed by atoms with Gasteiger partial charge in [0.05, 0.1) is 12.1 Å². The summed E-state index contributed by atoms with van der Waals surface area (Å²) in [6.07, 6.45) is 1.67. The second kappa shape index (κ2) is 6.80. The van der Waals surface area contributed by atoms with Crippen molar-refractivity contribution < 1.29 is 18.3 Å². The molecule has 128 valence electrons. The summed E-state index contributed by atoms with van der Waals surface area (Å²) in [6, 6.07) is 12.7. The number of halogens is 2. The number of benzene rings is 2. The fraction of sp³-hybridized carbons (Fsp3) is 0.167. The largest absolute Gasteiger partial charge is 0.461 e. The molecule has 3 aromatic rings. The average molecular weight is 343 g/mol. The Balaban J connectivity index is 1.78. The number of nitrogens with one attached hydrogen (secondary N) is 1. The van der Waals surface area contributed by atoms with Gasteiger partial charge in [0.2, 0.25) is 5.95 Å². The third kappa shape index (κ3) is 3.55. The molecule has 0 atom stereocenters. The fourth-order valence-electron chi connectivity index (χ4n) is 2.26. The molecule has 0 saturated carbocycles. The standard InChI is InChI=1S/C18H15F2N3O2/c1-2-25-16(24)18(19,20)13-7-9-14(10-8-13)22-17-21-11-12-5-3-4-6-15(12)23-17/h3-11H,2H2,1H3,(H,21,22,23). The van der Waals surface area contributed by atoms with Crippen LogP contribution in [-0.4, -0.2) is 22.5 Å². The van der Waals surface area contributed by atoms with Gasteiger partial charge in [-0.15, -0.1) is 0 Å². The Morgan fingerprint density at radius 3 is 2.60 bits per heavy atom. The van der Waals surface area contributed by atoms with Crippen LogP contribution >= 0.6 is 0 Å². The molecule has 0 bridgehead atoms. The molecule has 0 aliphatic carbocycles. The Bertz CT molecular complexity index is 898. The molecule has 0 saturated heterocycles. The molecule has 5 nitrogen and oxygen atoms in total. The van der Waals surface area contributed by atoms with Crippen molar-refractivity contribution in [1.29, 1.82) is 0 Å². The van der Waals surface area contributed by atoms with Crippen LogP contribution in [0.3, 0.4) is 0 Å². The van der Waals surface area contributed by atoms with Crippen LogP contribution in [0, 0.1) is 0 Å². The number of ether oxygens (including phenoxy) is 1. The van der Waals surface area contributed by atoms with Gasteiger partial charge in [-0.25, -0.2) is 14.8 Å². The number of carbonyl (C=O) groups is 1. The van der Waals surface area contributed by atoms with Crippen LogP contribution in [0.25, 0.3) is 10.9 Å². The zero-order valence-electron chi connectivity index (χ0n) is 13.4. The van der Waals surface area contributed by atoms with Crippen molar-refractivity contribution in [2.45, 2.75) is 12.8 Å². The molecule has 7 heteroatoms. The molecular formula is C18H15F2N3O2. The molecule has 0 unspecified atom stereocenters. The Morgan fingerprint density at radius 1 is 1.16 bits per heavy atom. The molecular weight excluding hydrogens is 328 g/mol. The number of hydrogen-bond donors (Lipinski definition) is 1. The summed E-state index contributed by atoms with van der Waals surface area (Å²) in [6.45, 7) is 1.37. The van der Waals surface area contributed by atoms with Crippen molar-refractivity contribution in [1.82, 2.24) is 9.97 Å². The molecule has 0 radical (unpaired) electrons. The molecule has 1 heterocycles. The maximum atomic E-state index is 14.0. The van der Waals surface area contributed by atoms with Crippen molar-refractivity contribution >= 4 is 28.5 Å². The minimum absolute atomic E-state index is 0.104. The highest BCUT2D eigenvalue weighted by Gasteiger charge is 2.42. The second-order valence-electron chi connectivity index (χ2n) is 5.25. The molecule has 0 amide bonds. The molecule has 1 aromatic heterocycles. The Hall–Kier alpha value is -3.09. The van der Waals surface area contributed by atoms with Gasteiger partial charge in [-0.2, -0.15) is 8.78 Å². The number of fused-ring (bicyclic) bond motifs is 1. The van der Waals surface area contributed by atoms with Gasteiger partial charge >= 0.3 is 11.9 Å². The van der Waals surface area contributed by atoms with E-state index >= 15 is 0 Å². The number of rotatable bonds is 5. The van der Waals surface area contributed by atoms with E-state index in [9.17, 15) is 13.6 Å². The predicted molar refractivity (Wildman–Crippen MR) is 89.8 cm³/mol. The Morgan fingerprint density at radius 2 is 1.88 bits per heavy atom. The third-order valence-electron chi connectivity index (χ3n) is 3.52. The van der Waals surface area contributed by atoms with Crippen molar-refractivity contribution in [2.75, 3.05) is 11.9 Å². The van der Waals surface area contributed by atoms with E-state index in [0.29, 0.717) is 11.6 Å². The molecule has 0 aliphatic rings. The number of hydrogen-bond acceptors (Lipinski definition) is 5. The summed E-state index contributed by atoms with van der Waals surface area (Å²) in [5.41, 5.74) is 0.861. The topological polar surface area (TPSA) is 64.1 Å². The first-order chi connectivity index (χ1) is 12.0. The van der Waals surface area contributed by atoms with E-state index in [1.165, 1.54) is 31.2 Å². The smallest absolute Gasteiger partial charge is 0.381 e. The summed E-state index contributed by atoms with van der Waals surface area (Å²) in [7, 11) is 0. The number of aromatic nitrogens is 2. The summed E-state index contributed by atoms with van der Waals surface area (Å²) in [5.74, 6) is -4.90. The van der Waals surface area contributed by atoms with Crippen LogP contribution in [0.2, 0.25) is 0 Å². The van der Waals surface area contributed by atoms with Gasteiger partial charge < -0.3 is 10.1 Å². The van der Waals surface area contributed by atoms with Gasteiger partial charge in [0.25, 0.3) is 0 Å². The van der Waals surface area contributed by atoms with Crippen molar-refractivity contribution in [3.8, 4) is 0 Å². The fourth-order valence-corrected chi connectivity index (χ4v) is 2.26. The molecule has 0 fully saturated rings. The lowest BCUT2D eigenvalue weighted by Crippen LogP contribution is -2.28. The maximum absolute atomic E-state index is 14.0. The Labute approximate surface area is 142 Å². The van der Waals surface area contributed by atoms with E-state index in [4.69, 9.17) is 0 Å². The normalized spacial score (nSPS) is 11.3. The van der Waals surface area contributed by atoms with Gasteiger partial charge in [-0.3, -0.25) is 0 Å². The van der Waals surface area contributed by atoms with E-state index in [-0.39, 0.29) is 6.61 Å². The summed E-state index contributed by atoms with van der Waals surface area (Å²) >= 11 is 0. The second-order valence-corrected chi connectivity index (χ2v) is 5.25. The van der Waals surface area contributed by atoms with E-state index in [1.807, 2.05) is 24.3 Å². The lowest BCUT2D eigenvalue weighted by Gasteiger charge is -2.15. The summed E-state index contributed by atoms with van der Waals surface area (Å²) in [5, 5.41) is 3.85. The number of anilines is 2. The average Bonchev–Trinajstić information content (AvgIpc) is 2.62. The molecule has 2 aromatic carbocycles. The minimum atomic E-state index is -3.69. The number of alkyl halides is 2. The molecule has 1 N–H and O–H groups in total. The first-order valence-electron chi connectivity index (χ1n) is 7.65. The highest BCUT2D eigenvalue weighted by molar-refractivity contribution is 5.80. The SMILES string of the molecule is CCOC(=O)C(F)(F)c1ccc(Nc2ncc3ccccc3n2)cc1. The quantitative estimate of drug-likeness (QED) is 0.709. The van der Waals surface area contributed by atoms with Crippen molar-refractivity contribution in [2.24, 2.45) is 0 Å². The zero-order chi connectivity index (χ0) is 17.9. The molecule has 0 spiro atoms. The van der Waals surface area contributed by atoms with Gasteiger partial charge in [-0.1, -0.05) is 30.3 Å². The van der Waals surface area contributed by atoms with E-state index in [2.05, 4.69) is 20.0 Å². The van der Waals surface area contributed by atoms with Crippen LogP contribution in [-0.2, 0) is 15.5 Å². The van der Waals surface area contributed by atoms with Crippen LogP contribution < -0.4 is 5.32 Å². The van der Waals surface area contributed by atoms with E-state index in [0.717, 1.165) is 10.9 Å². The molecule has 3 rings (SSSR count). The monoisotopic (exact) mass is 343 g/mol. The van der Waals surface area contributed by atoms with Gasteiger partial charge in [0.1, 0.15) is 0 Å². The van der Waals surface area contributed by atoms with Gasteiger partial charge in [-0.05, 0) is 25.1 Å². The van der Waals surface area contributed by atoms with Gasteiger partial charge in [0.15, 0.2) is 0 Å². The maximum Gasteiger partial charge on any atom is 0.381 e. The first-order valence-corrected chi connectivity index (χ1v) is 7.65. The predicted octanol–water partition coefficient (Wildman–Crippen LogP) is 4.03. The Kier molecular flexibility index (Phi) is 4.56. The number of para-hydroxylation sites is 1. The van der Waals surface area contributed by atoms with Crippen LogP contribution in [0.5, 0.6) is 0 Å². The zero-order valence-corrected chi connectivity index (χ0v) is 13.4. The van der Waals surface area contributed by atoms with Crippen molar-refractivity contribution in [3.63, 3.8) is 0 Å². The summed E-state index contributed by atoms with van der Waals surface area (Å²) < 4.78 is 32.3. The molecule has 25 heavy (non-hydrogen) atoms. The number of carbonyl (C=O) groups excluding carboxylic acids is 1. The van der Waals surface area contributed by atoms with Crippen LogP contribution in [0.1, 0.15) is 12.5 Å². The number of nitrogens with zero attached hydrogens (tertiary/aromatic N) is 2. The highest BCUT2D eigenvalue weighted by atomic mass is 19.3. The van der Waals surface area contributed by atoms with E-state index in [1.54, 1.807) is 6.20 Å². The summed E-state index contributed by atoms with van der Waals surface area (Å²) in [4.78, 5) is 19.9. The lowest BCUT2D eigenvalue weighted by atomic mass is 10.1. The third-order valence-corrected chi connectivity index (χ3v) is 3.52. The first kappa shape index (κ1) is 16.8. The van der Waals surface area contributed by atoms with Crippen LogP contribution in [0.15, 0.2) is 54.7 Å². The van der Waals surface area contributed by atoms with Crippen LogP contribution in [0.4, 0.5) is 20.4 Å². The highest BCUT2D eigenvalue weighted by Crippen LogP contribution is 2.30.